The summed E-state index contributed by atoms with van der Waals surface area (Å²) in [5.74, 6) is -1.19. The maximum atomic E-state index is 12.2. The summed E-state index contributed by atoms with van der Waals surface area (Å²) < 4.78 is 25.6. The highest BCUT2D eigenvalue weighted by Crippen LogP contribution is 2.18. The normalized spacial score (nSPS) is 12.2. The molecule has 0 heterocycles. The predicted molar refractivity (Wildman–Crippen MR) is 236 cm³/mol. The van der Waals surface area contributed by atoms with E-state index in [1.165, 1.54) is 0 Å². The molecular formula is C41H82BrN7O10. The van der Waals surface area contributed by atoms with E-state index in [1.807, 2.05) is 82.9 Å². The predicted octanol–water partition coefficient (Wildman–Crippen LogP) is 2.05. The maximum Gasteiger partial charge on any atom is 0.322 e. The van der Waals surface area contributed by atoms with Gasteiger partial charge in [0, 0.05) is 58.9 Å². The number of hydrogen-bond donors (Lipinski definition) is 1. The van der Waals surface area contributed by atoms with E-state index in [0.717, 1.165) is 45.6 Å². The number of carbonyl (C=O) groups excluding carboxylic acids is 5. The second-order valence-electron chi connectivity index (χ2n) is 16.0. The highest BCUT2D eigenvalue weighted by atomic mass is 79.9. The number of halogens is 1. The van der Waals surface area contributed by atoms with Crippen LogP contribution in [-0.2, 0) is 47.7 Å². The average molecular weight is 913 g/mol. The summed E-state index contributed by atoms with van der Waals surface area (Å²) in [6, 6.07) is 0. The van der Waals surface area contributed by atoms with Crippen molar-refractivity contribution in [3.05, 3.63) is 0 Å². The number of carbonyl (C=O) groups is 5. The van der Waals surface area contributed by atoms with Gasteiger partial charge in [-0.05, 0) is 110 Å². The zero-order chi connectivity index (χ0) is 45.2. The van der Waals surface area contributed by atoms with Crippen LogP contribution < -0.4 is 5.32 Å². The average Bonchev–Trinajstić information content (AvgIpc) is 3.11. The van der Waals surface area contributed by atoms with Crippen LogP contribution in [0.25, 0.3) is 0 Å². The zero-order valence-electron chi connectivity index (χ0n) is 38.8. The molecule has 1 atom stereocenters. The van der Waals surface area contributed by atoms with Gasteiger partial charge in [-0.2, -0.15) is 0 Å². The summed E-state index contributed by atoms with van der Waals surface area (Å²) in [5, 5.41) is 3.02. The quantitative estimate of drug-likeness (QED) is 0.0432. The Morgan fingerprint density at radius 3 is 1.24 bits per heavy atom. The second-order valence-corrected chi connectivity index (χ2v) is 18.0. The number of esters is 5. The molecule has 59 heavy (non-hydrogen) atoms. The SMILES string of the molecule is CCCN(CCCN(CCC(=O)OCCN(C)C)CCC(=O)OCCN(C)C)CC(C)OC(=O)C(C)(C)Br.CN(C)CCOC(=O)CCNCCC(=O)OCCN(C)C. The van der Waals surface area contributed by atoms with Crippen LogP contribution in [0, 0.1) is 0 Å². The van der Waals surface area contributed by atoms with Gasteiger partial charge in [-0.3, -0.25) is 28.9 Å². The van der Waals surface area contributed by atoms with Crippen molar-refractivity contribution in [1.82, 2.24) is 34.7 Å². The summed E-state index contributed by atoms with van der Waals surface area (Å²) >= 11 is 3.35. The molecule has 348 valence electrons. The Labute approximate surface area is 365 Å². The minimum absolute atomic E-state index is 0.224. The molecule has 0 aliphatic heterocycles. The highest BCUT2D eigenvalue weighted by molar-refractivity contribution is 9.10. The Hall–Kier alpha value is -2.45. The molecule has 1 N–H and O–H groups in total. The minimum atomic E-state index is -0.710. The van der Waals surface area contributed by atoms with Crippen LogP contribution in [0.3, 0.4) is 0 Å². The number of nitrogens with zero attached hydrogens (tertiary/aromatic N) is 6. The lowest BCUT2D eigenvalue weighted by Crippen LogP contribution is -2.39. The molecule has 0 rings (SSSR count). The van der Waals surface area contributed by atoms with Gasteiger partial charge in [0.1, 0.15) is 36.9 Å². The van der Waals surface area contributed by atoms with Crippen molar-refractivity contribution < 1.29 is 47.7 Å². The first-order valence-electron chi connectivity index (χ1n) is 20.9. The molecule has 0 radical (unpaired) electrons. The number of hydrogen-bond acceptors (Lipinski definition) is 17. The molecule has 17 nitrogen and oxygen atoms in total. The van der Waals surface area contributed by atoms with Crippen LogP contribution >= 0.6 is 15.9 Å². The molecule has 0 aliphatic rings. The molecule has 0 aromatic rings. The van der Waals surface area contributed by atoms with Gasteiger partial charge >= 0.3 is 29.8 Å². The van der Waals surface area contributed by atoms with Crippen LogP contribution in [0.2, 0.25) is 0 Å². The lowest BCUT2D eigenvalue weighted by atomic mass is 10.2. The van der Waals surface area contributed by atoms with E-state index >= 15 is 0 Å². The van der Waals surface area contributed by atoms with Crippen LogP contribution in [0.1, 0.15) is 66.2 Å². The van der Waals surface area contributed by atoms with Gasteiger partial charge in [-0.1, -0.05) is 22.9 Å². The van der Waals surface area contributed by atoms with Crippen molar-refractivity contribution in [2.75, 3.05) is 161 Å². The summed E-state index contributed by atoms with van der Waals surface area (Å²) in [4.78, 5) is 71.6. The standard InChI is InChI=1S/C27H53BrN4O6.C14H29N3O4/c1-9-13-32(22-23(2)38-26(35)27(3,4)28)15-10-14-31(16-11-24(33)36-20-18-29(5)6)17-12-25(34)37-21-19-30(7)8;1-16(2)9-11-20-13(18)5-7-15-8-6-14(19)21-12-10-17(3)4/h23H,9-22H2,1-8H3;15H,5-12H2,1-4H3. The van der Waals surface area contributed by atoms with E-state index in [2.05, 4.69) is 38.0 Å². The fraction of sp³-hybridized carbons (Fsp3) is 0.878. The Balaban J connectivity index is 0. The topological polar surface area (TPSA) is 163 Å². The van der Waals surface area contributed by atoms with Crippen molar-refractivity contribution in [3.63, 3.8) is 0 Å². The van der Waals surface area contributed by atoms with Crippen molar-refractivity contribution in [1.29, 1.82) is 0 Å². The summed E-state index contributed by atoms with van der Waals surface area (Å²) in [5.41, 5.74) is 0. The zero-order valence-corrected chi connectivity index (χ0v) is 40.4. The molecule has 0 aromatic carbocycles. The fourth-order valence-electron chi connectivity index (χ4n) is 4.85. The Kier molecular flexibility index (Phi) is 36.0. The summed E-state index contributed by atoms with van der Waals surface area (Å²) in [6.45, 7) is 17.1. The largest absolute Gasteiger partial charge is 0.464 e. The third-order valence-electron chi connectivity index (χ3n) is 8.28. The first-order valence-corrected chi connectivity index (χ1v) is 21.7. The van der Waals surface area contributed by atoms with Gasteiger partial charge in [-0.25, -0.2) is 0 Å². The molecule has 1 unspecified atom stereocenters. The third kappa shape index (κ3) is 40.7. The van der Waals surface area contributed by atoms with E-state index in [4.69, 9.17) is 23.7 Å². The highest BCUT2D eigenvalue weighted by Gasteiger charge is 2.27. The molecule has 0 saturated carbocycles. The Morgan fingerprint density at radius 2 is 0.898 bits per heavy atom. The molecule has 0 amide bonds. The van der Waals surface area contributed by atoms with Crippen molar-refractivity contribution in [2.45, 2.75) is 76.6 Å². The van der Waals surface area contributed by atoms with Crippen LogP contribution in [0.5, 0.6) is 0 Å². The first-order chi connectivity index (χ1) is 27.7. The maximum absolute atomic E-state index is 12.2. The number of rotatable bonds is 34. The van der Waals surface area contributed by atoms with E-state index in [9.17, 15) is 24.0 Å². The molecule has 0 bridgehead atoms. The van der Waals surface area contributed by atoms with Gasteiger partial charge < -0.3 is 53.5 Å². The van der Waals surface area contributed by atoms with E-state index in [-0.39, 0.29) is 48.8 Å². The molecule has 18 heteroatoms. The number of likely N-dealkylation sites (N-methyl/N-ethyl adjacent to an activating group) is 4. The molecular weight excluding hydrogens is 830 g/mol. The fourth-order valence-corrected chi connectivity index (χ4v) is 4.94. The van der Waals surface area contributed by atoms with Gasteiger partial charge in [-0.15, -0.1) is 0 Å². The Morgan fingerprint density at radius 1 is 0.542 bits per heavy atom. The molecule has 0 saturated heterocycles. The lowest BCUT2D eigenvalue weighted by Gasteiger charge is -2.28. The number of nitrogens with one attached hydrogen (secondary N) is 1. The Bertz CT molecular complexity index is 1070. The van der Waals surface area contributed by atoms with Gasteiger partial charge in [0.25, 0.3) is 0 Å². The summed E-state index contributed by atoms with van der Waals surface area (Å²) in [7, 11) is 15.4. The van der Waals surface area contributed by atoms with E-state index < -0.39 is 4.32 Å². The number of alkyl halides is 1. The second kappa shape index (κ2) is 36.2. The van der Waals surface area contributed by atoms with Gasteiger partial charge in [0.2, 0.25) is 0 Å². The molecule has 0 spiro atoms. The molecule has 0 aliphatic carbocycles. The van der Waals surface area contributed by atoms with E-state index in [0.29, 0.717) is 85.1 Å². The van der Waals surface area contributed by atoms with Gasteiger partial charge in [0.05, 0.1) is 25.7 Å². The molecule has 0 fully saturated rings. The smallest absolute Gasteiger partial charge is 0.322 e. The minimum Gasteiger partial charge on any atom is -0.464 e. The van der Waals surface area contributed by atoms with Crippen molar-refractivity contribution in [3.8, 4) is 0 Å². The van der Waals surface area contributed by atoms with E-state index in [1.54, 1.807) is 13.8 Å². The van der Waals surface area contributed by atoms with Crippen LogP contribution in [0.15, 0.2) is 0 Å². The summed E-state index contributed by atoms with van der Waals surface area (Å²) in [6.07, 6.45) is 2.79. The number of ether oxygens (including phenoxy) is 5. The first kappa shape index (κ1) is 58.6. The van der Waals surface area contributed by atoms with Crippen molar-refractivity contribution >= 4 is 45.8 Å². The van der Waals surface area contributed by atoms with Gasteiger partial charge in [0.15, 0.2) is 0 Å². The van der Waals surface area contributed by atoms with Crippen LogP contribution in [0.4, 0.5) is 0 Å². The monoisotopic (exact) mass is 912 g/mol. The lowest BCUT2D eigenvalue weighted by molar-refractivity contribution is -0.151. The van der Waals surface area contributed by atoms with Crippen LogP contribution in [-0.4, -0.2) is 231 Å². The van der Waals surface area contributed by atoms with Crippen molar-refractivity contribution in [2.24, 2.45) is 0 Å². The molecule has 0 aromatic heterocycles. The third-order valence-corrected chi connectivity index (χ3v) is 8.60.